The Morgan fingerprint density at radius 1 is 1.35 bits per heavy atom. The summed E-state index contributed by atoms with van der Waals surface area (Å²) in [5.74, 6) is 0.428. The molecular weight excluding hydrogens is 416 g/mol. The number of ketones is 1. The van der Waals surface area contributed by atoms with Crippen LogP contribution in [0.1, 0.15) is 34.1 Å². The molecule has 5 nitrogen and oxygen atoms in total. The van der Waals surface area contributed by atoms with E-state index in [4.69, 9.17) is 4.74 Å². The van der Waals surface area contributed by atoms with Crippen molar-refractivity contribution in [1.29, 1.82) is 0 Å². The summed E-state index contributed by atoms with van der Waals surface area (Å²) >= 11 is 4.74. The average Bonchev–Trinajstić information content (AvgIpc) is 2.58. The van der Waals surface area contributed by atoms with E-state index in [0.717, 1.165) is 10.9 Å². The molecule has 0 aliphatic carbocycles. The minimum atomic E-state index is -0.408. The molecule has 0 unspecified atom stereocenters. The summed E-state index contributed by atoms with van der Waals surface area (Å²) in [5.41, 5.74) is 0.151. The second-order valence-corrected chi connectivity index (χ2v) is 8.88. The Morgan fingerprint density at radius 3 is 2.73 bits per heavy atom. The van der Waals surface area contributed by atoms with Gasteiger partial charge in [0.05, 0.1) is 16.7 Å². The van der Waals surface area contributed by atoms with Gasteiger partial charge in [0.25, 0.3) is 5.56 Å². The monoisotopic (exact) mass is 440 g/mol. The van der Waals surface area contributed by atoms with E-state index in [1.165, 1.54) is 11.8 Å². The Morgan fingerprint density at radius 2 is 2.08 bits per heavy atom. The number of fused-ring (bicyclic) bond motifs is 1. The first-order valence-electron chi connectivity index (χ1n) is 8.68. The van der Waals surface area contributed by atoms with Crippen molar-refractivity contribution in [2.45, 2.75) is 45.8 Å². The number of benzene rings is 1. The number of carbonyl (C=O) groups excluding carboxylic acids is 1. The maximum Gasteiger partial charge on any atom is 0.262 e. The SMILES string of the molecule is CCOCCCn1c(SCC(=O)C(C)(C)C)nc2ccc(Br)cc2c1=O. The van der Waals surface area contributed by atoms with E-state index in [9.17, 15) is 9.59 Å². The van der Waals surface area contributed by atoms with Crippen molar-refractivity contribution in [2.75, 3.05) is 19.0 Å². The number of ether oxygens (including phenoxy) is 1. The summed E-state index contributed by atoms with van der Waals surface area (Å²) in [7, 11) is 0. The van der Waals surface area contributed by atoms with Crippen LogP contribution in [0.15, 0.2) is 32.6 Å². The molecule has 1 aromatic carbocycles. The molecule has 0 fully saturated rings. The van der Waals surface area contributed by atoms with Gasteiger partial charge in [0.1, 0.15) is 5.78 Å². The van der Waals surface area contributed by atoms with Crippen molar-refractivity contribution >= 4 is 44.4 Å². The minimum Gasteiger partial charge on any atom is -0.382 e. The highest BCUT2D eigenvalue weighted by molar-refractivity contribution is 9.10. The summed E-state index contributed by atoms with van der Waals surface area (Å²) in [6, 6.07) is 5.47. The van der Waals surface area contributed by atoms with Gasteiger partial charge in [-0.05, 0) is 31.5 Å². The lowest BCUT2D eigenvalue weighted by atomic mass is 9.92. The van der Waals surface area contributed by atoms with Crippen LogP contribution in [0.3, 0.4) is 0 Å². The molecule has 0 atom stereocenters. The van der Waals surface area contributed by atoms with Crippen LogP contribution in [0, 0.1) is 5.41 Å². The predicted octanol–water partition coefficient (Wildman–Crippen LogP) is 4.29. The lowest BCUT2D eigenvalue weighted by Crippen LogP contribution is -2.26. The van der Waals surface area contributed by atoms with Gasteiger partial charge in [-0.2, -0.15) is 0 Å². The van der Waals surface area contributed by atoms with Crippen LogP contribution in [0.4, 0.5) is 0 Å². The van der Waals surface area contributed by atoms with Gasteiger partial charge < -0.3 is 4.74 Å². The summed E-state index contributed by atoms with van der Waals surface area (Å²) in [6.07, 6.45) is 0.718. The van der Waals surface area contributed by atoms with Gasteiger partial charge in [-0.3, -0.25) is 14.2 Å². The minimum absolute atomic E-state index is 0.0847. The second kappa shape index (κ2) is 9.15. The van der Waals surface area contributed by atoms with Crippen molar-refractivity contribution in [3.05, 3.63) is 33.0 Å². The van der Waals surface area contributed by atoms with Crippen LogP contribution in [0.25, 0.3) is 10.9 Å². The number of hydrogen-bond acceptors (Lipinski definition) is 5. The topological polar surface area (TPSA) is 61.2 Å². The van der Waals surface area contributed by atoms with Crippen molar-refractivity contribution in [3.63, 3.8) is 0 Å². The highest BCUT2D eigenvalue weighted by Crippen LogP contribution is 2.24. The van der Waals surface area contributed by atoms with E-state index in [1.54, 1.807) is 10.6 Å². The van der Waals surface area contributed by atoms with Crippen LogP contribution in [0.5, 0.6) is 0 Å². The molecule has 7 heteroatoms. The van der Waals surface area contributed by atoms with Crippen LogP contribution < -0.4 is 5.56 Å². The zero-order valence-corrected chi connectivity index (χ0v) is 18.1. The number of hydrogen-bond donors (Lipinski definition) is 0. The molecule has 0 aliphatic rings. The van der Waals surface area contributed by atoms with Crippen LogP contribution in [-0.4, -0.2) is 34.3 Å². The molecule has 0 aliphatic heterocycles. The normalized spacial score (nSPS) is 11.9. The highest BCUT2D eigenvalue weighted by atomic mass is 79.9. The van der Waals surface area contributed by atoms with E-state index in [0.29, 0.717) is 41.6 Å². The van der Waals surface area contributed by atoms with Crippen LogP contribution >= 0.6 is 27.7 Å². The molecule has 1 heterocycles. The molecule has 2 aromatic rings. The first kappa shape index (κ1) is 21.1. The number of halogens is 1. The molecule has 0 N–H and O–H groups in total. The maximum atomic E-state index is 13.0. The fourth-order valence-corrected chi connectivity index (χ4v) is 3.84. The number of Topliss-reactive ketones (excluding diaryl/α,β-unsaturated/α-hetero) is 1. The quantitative estimate of drug-likeness (QED) is 0.348. The highest BCUT2D eigenvalue weighted by Gasteiger charge is 2.22. The second-order valence-electron chi connectivity index (χ2n) is 7.02. The van der Waals surface area contributed by atoms with Crippen molar-refractivity contribution in [1.82, 2.24) is 9.55 Å². The first-order valence-corrected chi connectivity index (χ1v) is 10.5. The van der Waals surface area contributed by atoms with Crippen molar-refractivity contribution in [2.24, 2.45) is 5.41 Å². The van der Waals surface area contributed by atoms with E-state index >= 15 is 0 Å². The Balaban J connectivity index is 2.36. The van der Waals surface area contributed by atoms with E-state index in [1.807, 2.05) is 39.8 Å². The van der Waals surface area contributed by atoms with Crippen LogP contribution in [0.2, 0.25) is 0 Å². The molecule has 26 heavy (non-hydrogen) atoms. The van der Waals surface area contributed by atoms with Gasteiger partial charge in [0, 0.05) is 29.6 Å². The van der Waals surface area contributed by atoms with Gasteiger partial charge in [-0.25, -0.2) is 4.98 Å². The van der Waals surface area contributed by atoms with Gasteiger partial charge in [-0.1, -0.05) is 48.5 Å². The van der Waals surface area contributed by atoms with Crippen molar-refractivity contribution in [3.8, 4) is 0 Å². The molecular formula is C19H25BrN2O3S. The number of thioether (sulfide) groups is 1. The number of rotatable bonds is 8. The molecule has 0 saturated carbocycles. The molecule has 0 amide bonds. The maximum absolute atomic E-state index is 13.0. The number of aromatic nitrogens is 2. The van der Waals surface area contributed by atoms with Gasteiger partial charge in [0.15, 0.2) is 5.16 Å². The summed E-state index contributed by atoms with van der Waals surface area (Å²) in [4.78, 5) is 29.9. The van der Waals surface area contributed by atoms with Gasteiger partial charge in [0.2, 0.25) is 0 Å². The largest absolute Gasteiger partial charge is 0.382 e. The molecule has 0 saturated heterocycles. The van der Waals surface area contributed by atoms with Gasteiger partial charge in [-0.15, -0.1) is 0 Å². The zero-order chi connectivity index (χ0) is 19.3. The zero-order valence-electron chi connectivity index (χ0n) is 15.7. The fraction of sp³-hybridized carbons (Fsp3) is 0.526. The third kappa shape index (κ3) is 5.41. The number of carbonyl (C=O) groups is 1. The van der Waals surface area contributed by atoms with E-state index in [2.05, 4.69) is 20.9 Å². The predicted molar refractivity (Wildman–Crippen MR) is 110 cm³/mol. The van der Waals surface area contributed by atoms with E-state index < -0.39 is 5.41 Å². The molecule has 0 bridgehead atoms. The summed E-state index contributed by atoms with van der Waals surface area (Å²) in [5, 5.41) is 1.15. The molecule has 2 rings (SSSR count). The Hall–Kier alpha value is -1.18. The third-order valence-electron chi connectivity index (χ3n) is 3.92. The first-order chi connectivity index (χ1) is 12.2. The Bertz CT molecular complexity index is 843. The Labute approximate surface area is 166 Å². The lowest BCUT2D eigenvalue weighted by Gasteiger charge is -2.17. The third-order valence-corrected chi connectivity index (χ3v) is 5.39. The Kier molecular flexibility index (Phi) is 7.43. The van der Waals surface area contributed by atoms with Crippen LogP contribution in [-0.2, 0) is 16.1 Å². The fourth-order valence-electron chi connectivity index (χ4n) is 2.30. The summed E-state index contributed by atoms with van der Waals surface area (Å²) in [6.45, 7) is 9.40. The molecule has 0 radical (unpaired) electrons. The molecule has 1 aromatic heterocycles. The molecule has 142 valence electrons. The average molecular weight is 441 g/mol. The molecule has 0 spiro atoms. The summed E-state index contributed by atoms with van der Waals surface area (Å²) < 4.78 is 7.88. The standard InChI is InChI=1S/C19H25BrN2O3S/c1-5-25-10-6-9-22-17(24)14-11-13(20)7-8-15(14)21-18(22)26-12-16(23)19(2,3)4/h7-8,11H,5-6,9-10,12H2,1-4H3. The lowest BCUT2D eigenvalue weighted by molar-refractivity contribution is -0.123. The van der Waals surface area contributed by atoms with E-state index in [-0.39, 0.29) is 11.3 Å². The number of nitrogens with zero attached hydrogens (tertiary/aromatic N) is 2. The van der Waals surface area contributed by atoms with Gasteiger partial charge >= 0.3 is 0 Å². The van der Waals surface area contributed by atoms with Crippen molar-refractivity contribution < 1.29 is 9.53 Å². The smallest absolute Gasteiger partial charge is 0.262 e.